The van der Waals surface area contributed by atoms with Crippen LogP contribution in [0.25, 0.3) is 22.0 Å². The normalized spacial score (nSPS) is 10.9. The lowest BCUT2D eigenvalue weighted by Gasteiger charge is -2.08. The van der Waals surface area contributed by atoms with Crippen molar-refractivity contribution in [2.24, 2.45) is 0 Å². The summed E-state index contributed by atoms with van der Waals surface area (Å²) in [6.45, 7) is 1.30. The summed E-state index contributed by atoms with van der Waals surface area (Å²) < 4.78 is 21.6. The van der Waals surface area contributed by atoms with Gasteiger partial charge in [-0.2, -0.15) is 0 Å². The highest BCUT2D eigenvalue weighted by atomic mass is 19.1. The van der Waals surface area contributed by atoms with Crippen molar-refractivity contribution >= 4 is 10.8 Å². The lowest BCUT2D eigenvalue weighted by molar-refractivity contribution is 0.298. The van der Waals surface area contributed by atoms with Crippen molar-refractivity contribution in [2.45, 2.75) is 6.54 Å². The van der Waals surface area contributed by atoms with Gasteiger partial charge in [0.15, 0.2) is 0 Å². The molecule has 0 radical (unpaired) electrons. The molecule has 0 N–H and O–H groups in total. The number of rotatable bonds is 5. The van der Waals surface area contributed by atoms with Crippen LogP contribution in [0, 0.1) is 5.82 Å². The first-order valence-electron chi connectivity index (χ1n) is 8.18. The highest BCUT2D eigenvalue weighted by molar-refractivity contribution is 5.82. The minimum atomic E-state index is -0.275. The highest BCUT2D eigenvalue weighted by Crippen LogP contribution is 2.22. The van der Waals surface area contributed by atoms with E-state index in [9.17, 15) is 4.39 Å². The standard InChI is InChI=1S/C21H17FN2O/c22-20-8-4-3-7-19(20)21-10-9-18(13-23-21)25-12-11-24-14-16-5-1-2-6-17(16)15-24/h1-10,13-15H,11-12H2. The molecule has 4 aromatic rings. The van der Waals surface area contributed by atoms with Gasteiger partial charge in [-0.1, -0.05) is 36.4 Å². The molecule has 0 atom stereocenters. The van der Waals surface area contributed by atoms with Crippen molar-refractivity contribution in [3.63, 3.8) is 0 Å². The molecule has 0 aliphatic carbocycles. The molecule has 2 heterocycles. The molecule has 0 amide bonds. The van der Waals surface area contributed by atoms with E-state index < -0.39 is 0 Å². The smallest absolute Gasteiger partial charge is 0.137 e. The van der Waals surface area contributed by atoms with Crippen molar-refractivity contribution in [2.75, 3.05) is 6.61 Å². The van der Waals surface area contributed by atoms with Gasteiger partial charge in [-0.05, 0) is 35.0 Å². The fraction of sp³-hybridized carbons (Fsp3) is 0.0952. The van der Waals surface area contributed by atoms with Crippen molar-refractivity contribution < 1.29 is 9.13 Å². The molecule has 3 nitrogen and oxygen atoms in total. The molecule has 0 unspecified atom stereocenters. The predicted octanol–water partition coefficient (Wildman–Crippen LogP) is 4.92. The number of aromatic nitrogens is 2. The fourth-order valence-corrected chi connectivity index (χ4v) is 2.83. The maximum absolute atomic E-state index is 13.8. The molecule has 0 bridgehead atoms. The number of pyridine rings is 1. The Bertz CT molecular complexity index is 959. The van der Waals surface area contributed by atoms with Crippen molar-refractivity contribution in [3.05, 3.63) is 85.1 Å². The van der Waals surface area contributed by atoms with E-state index in [1.54, 1.807) is 30.5 Å². The van der Waals surface area contributed by atoms with Crippen LogP contribution in [-0.2, 0) is 6.54 Å². The van der Waals surface area contributed by atoms with Gasteiger partial charge in [-0.25, -0.2) is 4.39 Å². The molecular weight excluding hydrogens is 315 g/mol. The average molecular weight is 332 g/mol. The molecule has 0 spiro atoms. The predicted molar refractivity (Wildman–Crippen MR) is 97.1 cm³/mol. The van der Waals surface area contributed by atoms with Gasteiger partial charge in [-0.15, -0.1) is 0 Å². The van der Waals surface area contributed by atoms with Gasteiger partial charge in [0.2, 0.25) is 0 Å². The van der Waals surface area contributed by atoms with Crippen molar-refractivity contribution in [1.29, 1.82) is 0 Å². The minimum absolute atomic E-state index is 0.275. The first kappa shape index (κ1) is 15.4. The monoisotopic (exact) mass is 332 g/mol. The van der Waals surface area contributed by atoms with Crippen LogP contribution < -0.4 is 4.74 Å². The molecule has 0 fully saturated rings. The van der Waals surface area contributed by atoms with E-state index in [0.717, 1.165) is 6.54 Å². The fourth-order valence-electron chi connectivity index (χ4n) is 2.83. The Morgan fingerprint density at radius 2 is 1.60 bits per heavy atom. The Balaban J connectivity index is 1.39. The quantitative estimate of drug-likeness (QED) is 0.518. The first-order valence-corrected chi connectivity index (χ1v) is 8.18. The van der Waals surface area contributed by atoms with E-state index in [4.69, 9.17) is 4.74 Å². The zero-order chi connectivity index (χ0) is 17.1. The summed E-state index contributed by atoms with van der Waals surface area (Å²) in [7, 11) is 0. The zero-order valence-corrected chi connectivity index (χ0v) is 13.6. The van der Waals surface area contributed by atoms with Crippen LogP contribution in [0.1, 0.15) is 0 Å². The van der Waals surface area contributed by atoms with Crippen molar-refractivity contribution in [3.8, 4) is 17.0 Å². The summed E-state index contributed by atoms with van der Waals surface area (Å²) in [5.74, 6) is 0.403. The van der Waals surface area contributed by atoms with Crippen LogP contribution in [-0.4, -0.2) is 16.2 Å². The summed E-state index contributed by atoms with van der Waals surface area (Å²) in [5.41, 5.74) is 1.09. The molecule has 124 valence electrons. The highest BCUT2D eigenvalue weighted by Gasteiger charge is 2.05. The Hall–Kier alpha value is -3.14. The van der Waals surface area contributed by atoms with E-state index in [1.807, 2.05) is 18.2 Å². The molecular formula is C21H17FN2O. The summed E-state index contributed by atoms with van der Waals surface area (Å²) >= 11 is 0. The number of fused-ring (bicyclic) bond motifs is 1. The largest absolute Gasteiger partial charge is 0.490 e. The maximum atomic E-state index is 13.8. The lowest BCUT2D eigenvalue weighted by Crippen LogP contribution is -2.06. The van der Waals surface area contributed by atoms with Crippen LogP contribution >= 0.6 is 0 Å². The second-order valence-corrected chi connectivity index (χ2v) is 5.83. The Morgan fingerprint density at radius 1 is 0.880 bits per heavy atom. The van der Waals surface area contributed by atoms with E-state index in [-0.39, 0.29) is 5.82 Å². The zero-order valence-electron chi connectivity index (χ0n) is 13.6. The minimum Gasteiger partial charge on any atom is -0.490 e. The molecule has 0 saturated heterocycles. The molecule has 0 saturated carbocycles. The van der Waals surface area contributed by atoms with Crippen LogP contribution in [0.3, 0.4) is 0 Å². The van der Waals surface area contributed by atoms with E-state index in [0.29, 0.717) is 23.6 Å². The third-order valence-electron chi connectivity index (χ3n) is 4.11. The summed E-state index contributed by atoms with van der Waals surface area (Å²) in [5, 5.41) is 2.44. The average Bonchev–Trinajstić information content (AvgIpc) is 3.06. The molecule has 2 aromatic heterocycles. The van der Waals surface area contributed by atoms with Crippen LogP contribution in [0.5, 0.6) is 5.75 Å². The third-order valence-corrected chi connectivity index (χ3v) is 4.11. The van der Waals surface area contributed by atoms with Crippen LogP contribution in [0.2, 0.25) is 0 Å². The van der Waals surface area contributed by atoms with Crippen molar-refractivity contribution in [1.82, 2.24) is 9.55 Å². The van der Waals surface area contributed by atoms with Gasteiger partial charge in [0.25, 0.3) is 0 Å². The topological polar surface area (TPSA) is 27.1 Å². The summed E-state index contributed by atoms with van der Waals surface area (Å²) in [6.07, 6.45) is 5.85. The van der Waals surface area contributed by atoms with Gasteiger partial charge in [0.1, 0.15) is 18.2 Å². The summed E-state index contributed by atoms with van der Waals surface area (Å²) in [4.78, 5) is 4.30. The van der Waals surface area contributed by atoms with Crippen LogP contribution in [0.15, 0.2) is 79.3 Å². The number of ether oxygens (including phenoxy) is 1. The number of hydrogen-bond donors (Lipinski definition) is 0. The van der Waals surface area contributed by atoms with E-state index >= 15 is 0 Å². The first-order chi connectivity index (χ1) is 12.3. The Labute approximate surface area is 145 Å². The second kappa shape index (κ2) is 6.77. The van der Waals surface area contributed by atoms with E-state index in [2.05, 4.69) is 34.1 Å². The molecule has 4 rings (SSSR count). The number of halogens is 1. The SMILES string of the molecule is Fc1ccccc1-c1ccc(OCCn2cc3ccccc3c2)cn1. The molecule has 4 heteroatoms. The second-order valence-electron chi connectivity index (χ2n) is 5.83. The van der Waals surface area contributed by atoms with E-state index in [1.165, 1.54) is 16.8 Å². The van der Waals surface area contributed by atoms with Gasteiger partial charge in [0.05, 0.1) is 18.4 Å². The number of nitrogens with zero attached hydrogens (tertiary/aromatic N) is 2. The third kappa shape index (κ3) is 3.38. The number of benzene rings is 2. The van der Waals surface area contributed by atoms with Gasteiger partial charge in [-0.3, -0.25) is 4.98 Å². The molecule has 0 aliphatic rings. The van der Waals surface area contributed by atoms with Gasteiger partial charge in [0, 0.05) is 18.0 Å². The van der Waals surface area contributed by atoms with Crippen LogP contribution in [0.4, 0.5) is 4.39 Å². The molecule has 25 heavy (non-hydrogen) atoms. The van der Waals surface area contributed by atoms with Gasteiger partial charge >= 0.3 is 0 Å². The lowest BCUT2D eigenvalue weighted by atomic mass is 10.1. The number of hydrogen-bond acceptors (Lipinski definition) is 2. The van der Waals surface area contributed by atoms with Gasteiger partial charge < -0.3 is 9.30 Å². The molecule has 0 aliphatic heterocycles. The Morgan fingerprint density at radius 3 is 2.28 bits per heavy atom. The Kier molecular flexibility index (Phi) is 4.17. The summed E-state index contributed by atoms with van der Waals surface area (Å²) in [6, 6.07) is 18.5. The molecule has 2 aromatic carbocycles. The maximum Gasteiger partial charge on any atom is 0.137 e.